The van der Waals surface area contributed by atoms with Gasteiger partial charge in [0.1, 0.15) is 115 Å². The van der Waals surface area contributed by atoms with Crippen LogP contribution in [-0.2, 0) is 85.8 Å². The second-order valence-electron chi connectivity index (χ2n) is 28.7. The lowest BCUT2D eigenvalue weighted by molar-refractivity contribution is -0.394. The third-order valence-corrected chi connectivity index (χ3v) is 22.8. The molecule has 1 spiro atoms. The number of carboxylic acids is 1. The number of rotatable bonds is 20. The Hall–Kier alpha value is -2.66. The number of aliphatic hydroxyl groups is 11. The number of aliphatic hydroxyl groups excluding tert-OH is 11. The summed E-state index contributed by atoms with van der Waals surface area (Å²) < 4.78 is 108. The minimum atomic E-state index is -5.09. The van der Waals surface area contributed by atoms with E-state index in [2.05, 4.69) is 38.0 Å². The molecule has 32 heteroatoms. The van der Waals surface area contributed by atoms with Gasteiger partial charge in [-0.25, -0.2) is 8.98 Å². The SMILES string of the molecule is CO[C@@H]1[C@@H](O)[C@H](O[C@@H]2[C@@H](O)[C@H](O[C@H]3[C@H](O)[C@@H](O)[C@H](O[C@H]4[C@H](O[C@H]5CC[C@@]6(C)C(CC=C7[C@H]6CCC68C(=O)O[C@@](C)(CC(=O)CC(C)C)C6CC[C@@]78C)C5(C)C)OC[C@@H](O[C@@H]5O[C@H](COS(=O)(=O)O)[C@@H](O)[C@H](O)[C@H]5O)[C@@H]4O)O[C@@H]3C)O[C@H](CO)[C@H]2O)O[C@H](C(=O)O)[C@H]1O. The van der Waals surface area contributed by atoms with E-state index in [1.54, 1.807) is 0 Å². The fraction of sp³-hybridized carbons (Fsp3) is 0.917. The van der Waals surface area contributed by atoms with Gasteiger partial charge >= 0.3 is 22.3 Å². The van der Waals surface area contributed by atoms with Gasteiger partial charge in [-0.1, -0.05) is 53.2 Å². The highest BCUT2D eigenvalue weighted by Gasteiger charge is 2.76. The summed E-state index contributed by atoms with van der Waals surface area (Å²) in [4.78, 5) is 39.8. The van der Waals surface area contributed by atoms with Gasteiger partial charge in [-0.3, -0.25) is 14.1 Å². The lowest BCUT2D eigenvalue weighted by Gasteiger charge is -2.64. The first-order valence-corrected chi connectivity index (χ1v) is 33.1. The quantitative estimate of drug-likeness (QED) is 0.0344. The van der Waals surface area contributed by atoms with E-state index in [9.17, 15) is 88.6 Å². The summed E-state index contributed by atoms with van der Waals surface area (Å²) in [5, 5.41) is 133. The number of Topliss-reactive ketones (excluding diaryl/α,β-unsaturated/α-hetero) is 1. The van der Waals surface area contributed by atoms with Gasteiger partial charge in [0.15, 0.2) is 37.6 Å². The number of ether oxygens (including phenoxy) is 12. The number of aliphatic carboxylic acids is 1. The van der Waals surface area contributed by atoms with Crippen LogP contribution in [0.25, 0.3) is 0 Å². The minimum absolute atomic E-state index is 0.0328. The van der Waals surface area contributed by atoms with Crippen molar-refractivity contribution in [3.05, 3.63) is 11.6 Å². The summed E-state index contributed by atoms with van der Waals surface area (Å²) >= 11 is 0. The summed E-state index contributed by atoms with van der Waals surface area (Å²) in [5.74, 6) is -1.75. The number of esters is 1. The van der Waals surface area contributed by atoms with Gasteiger partial charge in [0.25, 0.3) is 0 Å². The Balaban J connectivity index is 0.877. The molecule has 10 rings (SSSR count). The first-order valence-electron chi connectivity index (χ1n) is 31.7. The Morgan fingerprint density at radius 2 is 1.28 bits per heavy atom. The molecule has 31 nitrogen and oxygen atoms in total. The molecule has 10 aliphatic rings. The van der Waals surface area contributed by atoms with E-state index in [0.717, 1.165) is 20.0 Å². The van der Waals surface area contributed by atoms with E-state index < -0.39 is 212 Å². The molecule has 92 heavy (non-hydrogen) atoms. The Morgan fingerprint density at radius 1 is 0.663 bits per heavy atom. The summed E-state index contributed by atoms with van der Waals surface area (Å²) in [6, 6.07) is 0. The fourth-order valence-corrected chi connectivity index (χ4v) is 18.0. The number of carbonyl (C=O) groups is 3. The fourth-order valence-electron chi connectivity index (χ4n) is 17.7. The van der Waals surface area contributed by atoms with Crippen molar-refractivity contribution in [3.8, 4) is 0 Å². The van der Waals surface area contributed by atoms with E-state index in [0.29, 0.717) is 38.5 Å². The molecule has 6 saturated heterocycles. The van der Waals surface area contributed by atoms with Gasteiger partial charge in [-0.15, -0.1) is 0 Å². The molecular weight excluding hydrogens is 1250 g/mol. The lowest BCUT2D eigenvalue weighted by Crippen LogP contribution is -2.67. The van der Waals surface area contributed by atoms with Crippen LogP contribution in [0, 0.1) is 45.3 Å². The smallest absolute Gasteiger partial charge is 0.397 e. The molecule has 6 heterocycles. The van der Waals surface area contributed by atoms with Crippen LogP contribution in [-0.4, -0.2) is 278 Å². The third kappa shape index (κ3) is 12.7. The lowest BCUT2D eigenvalue weighted by atomic mass is 9.41. The number of carbonyl (C=O) groups excluding carboxylic acids is 2. The number of carboxylic acid groups (broad SMARTS) is 1. The molecule has 3 unspecified atom stereocenters. The highest BCUT2D eigenvalue weighted by Crippen LogP contribution is 2.76. The molecule has 0 aromatic carbocycles. The van der Waals surface area contributed by atoms with Gasteiger partial charge < -0.3 is 118 Å². The van der Waals surface area contributed by atoms with Crippen molar-refractivity contribution in [1.29, 1.82) is 0 Å². The van der Waals surface area contributed by atoms with Crippen LogP contribution >= 0.6 is 0 Å². The molecule has 526 valence electrons. The van der Waals surface area contributed by atoms with E-state index in [1.165, 1.54) is 12.5 Å². The van der Waals surface area contributed by atoms with Crippen LogP contribution in [0.4, 0.5) is 0 Å². The van der Waals surface area contributed by atoms with Crippen molar-refractivity contribution in [2.24, 2.45) is 45.3 Å². The summed E-state index contributed by atoms with van der Waals surface area (Å²) in [6.45, 7) is 13.4. The second kappa shape index (κ2) is 26.9. The molecule has 6 aliphatic heterocycles. The first kappa shape index (κ1) is 72.1. The topological polar surface area (TPSA) is 468 Å². The summed E-state index contributed by atoms with van der Waals surface area (Å²) in [6.07, 6.45) is -37.6. The maximum atomic E-state index is 14.5. The average Bonchev–Trinajstić information content (AvgIpc) is 1.46. The number of cyclic esters (lactones) is 1. The van der Waals surface area contributed by atoms with E-state index in [-0.39, 0.29) is 47.3 Å². The maximum absolute atomic E-state index is 14.5. The number of hydrogen-bond acceptors (Lipinski definition) is 29. The molecule has 32 atom stereocenters. The molecule has 9 fully saturated rings. The van der Waals surface area contributed by atoms with Crippen molar-refractivity contribution >= 4 is 28.1 Å². The number of methoxy groups -OCH3 is 1. The molecule has 0 radical (unpaired) electrons. The van der Waals surface area contributed by atoms with Crippen LogP contribution in [0.1, 0.15) is 113 Å². The highest BCUT2D eigenvalue weighted by molar-refractivity contribution is 7.80. The Bertz CT molecular complexity index is 2790. The average molecular weight is 1340 g/mol. The second-order valence-corrected chi connectivity index (χ2v) is 29.8. The monoisotopic (exact) mass is 1340 g/mol. The predicted octanol–water partition coefficient (Wildman–Crippen LogP) is -2.39. The Kier molecular flexibility index (Phi) is 21.1. The normalized spacial score (nSPS) is 50.2. The predicted molar refractivity (Wildman–Crippen MR) is 304 cm³/mol. The molecule has 3 saturated carbocycles. The zero-order valence-corrected chi connectivity index (χ0v) is 53.7. The number of hydrogen-bond donors (Lipinski definition) is 13. The first-order chi connectivity index (χ1) is 43.0. The highest BCUT2D eigenvalue weighted by atomic mass is 32.3. The van der Waals surface area contributed by atoms with E-state index >= 15 is 0 Å². The van der Waals surface area contributed by atoms with Crippen LogP contribution in [0.5, 0.6) is 0 Å². The molecule has 4 aliphatic carbocycles. The van der Waals surface area contributed by atoms with Gasteiger partial charge in [0, 0.05) is 31.3 Å². The maximum Gasteiger partial charge on any atom is 0.397 e. The van der Waals surface area contributed by atoms with Crippen molar-refractivity contribution in [3.63, 3.8) is 0 Å². The number of ketones is 1. The third-order valence-electron chi connectivity index (χ3n) is 22.4. The Labute approximate surface area is 532 Å². The van der Waals surface area contributed by atoms with E-state index in [1.807, 2.05) is 20.8 Å². The van der Waals surface area contributed by atoms with Crippen LogP contribution in [0.15, 0.2) is 11.6 Å². The molecule has 0 aromatic heterocycles. The van der Waals surface area contributed by atoms with Crippen molar-refractivity contribution in [2.75, 3.05) is 26.9 Å². The van der Waals surface area contributed by atoms with Crippen LogP contribution in [0.2, 0.25) is 0 Å². The zero-order chi connectivity index (χ0) is 67.4. The minimum Gasteiger partial charge on any atom is -0.479 e. The standard InChI is InChI=1S/C60H94O31S/c1-23(2)18-25(62)19-59(8)32-13-16-58(7)27-10-11-31-56(4,5)33(14-15-57(31,6)26(27)12-17-60(32,58)55(75)91-59)86-54-48(36(65)29(21-80-54)84-51-39(68)37(66)34(63)30(85-51)22-81-92(76,77)78)90-50-40(69)38(67)44(24(3)82-50)87-52-43(72)46(35(64)28(20-61)83-52)88-53-42(71)45(79-9)41(70)47(89-53)49(73)74/h10,23-24,26,28-48,50-54,61,63-72H,11-22H2,1-9H3,(H,73,74)(H,76,77,78)/t24-,26-,28-,29-,30-,31?,32?,33+,34-,35-,36+,37+,38-,39-,40-,41+,42-,43-,44-,45+,46+,47+,48-,50+,51-,52+,53-,54+,57-,58+,59+,60?/m1/s1. The van der Waals surface area contributed by atoms with Crippen LogP contribution < -0.4 is 0 Å². The van der Waals surface area contributed by atoms with Crippen molar-refractivity contribution < 1.29 is 150 Å². The Morgan fingerprint density at radius 3 is 1.93 bits per heavy atom. The molecular formula is C60H94O31S. The molecule has 0 bridgehead atoms. The largest absolute Gasteiger partial charge is 0.479 e. The molecule has 0 amide bonds. The van der Waals surface area contributed by atoms with Gasteiger partial charge in [-0.05, 0) is 87.4 Å². The number of allylic oxidation sites excluding steroid dienone is 2. The van der Waals surface area contributed by atoms with Crippen LogP contribution in [0.3, 0.4) is 0 Å². The molecule has 13 N–H and O–H groups in total. The molecule has 0 aromatic rings. The van der Waals surface area contributed by atoms with Gasteiger partial charge in [0.2, 0.25) is 0 Å². The van der Waals surface area contributed by atoms with Crippen molar-refractivity contribution in [1.82, 2.24) is 0 Å². The van der Waals surface area contributed by atoms with E-state index in [4.69, 9.17) is 56.8 Å². The summed E-state index contributed by atoms with van der Waals surface area (Å²) in [5.41, 5.74) is -1.95. The van der Waals surface area contributed by atoms with Gasteiger partial charge in [-0.2, -0.15) is 8.42 Å². The van der Waals surface area contributed by atoms with Gasteiger partial charge in [0.05, 0.1) is 37.4 Å². The summed E-state index contributed by atoms with van der Waals surface area (Å²) in [7, 11) is -4.02. The number of fused-ring (bicyclic) bond motifs is 4. The zero-order valence-electron chi connectivity index (χ0n) is 52.9. The van der Waals surface area contributed by atoms with Crippen molar-refractivity contribution in [2.45, 2.75) is 272 Å².